The average molecular weight is 350 g/mol. The molecule has 0 heterocycles. The van der Waals surface area contributed by atoms with Crippen molar-refractivity contribution in [2.45, 2.75) is 12.8 Å². The molecule has 1 fully saturated rings. The van der Waals surface area contributed by atoms with Crippen molar-refractivity contribution >= 4 is 17.4 Å². The number of nitrogens with zero attached hydrogens (tertiary/aromatic N) is 1. The summed E-state index contributed by atoms with van der Waals surface area (Å²) in [6.07, 6.45) is 1.53. The first-order valence-corrected chi connectivity index (χ1v) is 8.27. The number of ether oxygens (including phenoxy) is 2. The maximum Gasteiger partial charge on any atom is 0.249 e. The van der Waals surface area contributed by atoms with Gasteiger partial charge in [-0.25, -0.2) is 0 Å². The molecule has 2 aromatic rings. The Morgan fingerprint density at radius 1 is 1.04 bits per heavy atom. The quantitative estimate of drug-likeness (QED) is 0.772. The molecule has 2 aromatic carbocycles. The minimum Gasteiger partial charge on any atom is -0.497 e. The first-order valence-electron chi connectivity index (χ1n) is 8.27. The Bertz CT molecular complexity index is 834. The summed E-state index contributed by atoms with van der Waals surface area (Å²) in [5.74, 6) is -0.273. The Balaban J connectivity index is 1.60. The number of hydrogen-bond acceptors (Lipinski definition) is 5. The maximum absolute atomic E-state index is 12.2. The molecule has 132 valence electrons. The van der Waals surface area contributed by atoms with Crippen LogP contribution in [-0.2, 0) is 9.59 Å². The number of benzene rings is 2. The third-order valence-corrected chi connectivity index (χ3v) is 4.07. The molecular formula is C20H18N2O4. The van der Waals surface area contributed by atoms with E-state index in [1.807, 2.05) is 0 Å². The van der Waals surface area contributed by atoms with Gasteiger partial charge in [-0.15, -0.1) is 0 Å². The van der Waals surface area contributed by atoms with Gasteiger partial charge >= 0.3 is 0 Å². The van der Waals surface area contributed by atoms with Gasteiger partial charge in [-0.05, 0) is 61.4 Å². The zero-order valence-corrected chi connectivity index (χ0v) is 14.3. The van der Waals surface area contributed by atoms with Crippen LogP contribution in [0.15, 0.2) is 48.5 Å². The number of rotatable bonds is 7. The van der Waals surface area contributed by atoms with Crippen LogP contribution in [0.5, 0.6) is 17.2 Å². The molecule has 1 N–H and O–H groups in total. The normalized spacial score (nSPS) is 14.0. The van der Waals surface area contributed by atoms with Gasteiger partial charge in [0.1, 0.15) is 17.2 Å². The van der Waals surface area contributed by atoms with Crippen LogP contribution in [0, 0.1) is 23.2 Å². The molecule has 1 saturated carbocycles. The number of hydrogen-bond donors (Lipinski definition) is 1. The summed E-state index contributed by atoms with van der Waals surface area (Å²) in [5.41, 5.74) is 0.501. The number of methoxy groups -OCH3 is 1. The molecule has 1 aliphatic rings. The van der Waals surface area contributed by atoms with Crippen molar-refractivity contribution in [1.82, 2.24) is 0 Å². The second kappa shape index (κ2) is 7.70. The topological polar surface area (TPSA) is 88.4 Å². The lowest BCUT2D eigenvalue weighted by atomic mass is 10.0. The SMILES string of the molecule is COc1ccc(Oc2ccc(NC(=O)C(C#N)C(=O)C3CC3)cc2)cc1. The Labute approximate surface area is 151 Å². The zero-order chi connectivity index (χ0) is 18.5. The van der Waals surface area contributed by atoms with Gasteiger partial charge in [-0.3, -0.25) is 9.59 Å². The Morgan fingerprint density at radius 2 is 1.58 bits per heavy atom. The van der Waals surface area contributed by atoms with E-state index in [9.17, 15) is 9.59 Å². The van der Waals surface area contributed by atoms with Crippen molar-refractivity contribution in [2.24, 2.45) is 11.8 Å². The van der Waals surface area contributed by atoms with Gasteiger partial charge in [0.05, 0.1) is 13.2 Å². The van der Waals surface area contributed by atoms with Gasteiger partial charge in [0.25, 0.3) is 0 Å². The minimum atomic E-state index is -1.25. The lowest BCUT2D eigenvalue weighted by molar-refractivity contribution is -0.129. The largest absolute Gasteiger partial charge is 0.497 e. The van der Waals surface area contributed by atoms with Crippen LogP contribution in [0.3, 0.4) is 0 Å². The highest BCUT2D eigenvalue weighted by atomic mass is 16.5. The second-order valence-corrected chi connectivity index (χ2v) is 6.03. The molecule has 1 atom stereocenters. The third-order valence-electron chi connectivity index (χ3n) is 4.07. The number of nitrogens with one attached hydrogen (secondary N) is 1. The number of amides is 1. The zero-order valence-electron chi connectivity index (χ0n) is 14.3. The summed E-state index contributed by atoms with van der Waals surface area (Å²) in [5, 5.41) is 11.7. The van der Waals surface area contributed by atoms with E-state index in [0.717, 1.165) is 18.6 Å². The number of Topliss-reactive ketones (excluding diaryl/α,β-unsaturated/α-hetero) is 1. The van der Waals surface area contributed by atoms with E-state index in [-0.39, 0.29) is 11.7 Å². The number of anilines is 1. The minimum absolute atomic E-state index is 0.134. The fourth-order valence-electron chi connectivity index (χ4n) is 2.46. The van der Waals surface area contributed by atoms with Crippen molar-refractivity contribution in [3.63, 3.8) is 0 Å². The van der Waals surface area contributed by atoms with Gasteiger partial charge in [0.15, 0.2) is 11.7 Å². The summed E-state index contributed by atoms with van der Waals surface area (Å²) in [7, 11) is 1.60. The van der Waals surface area contributed by atoms with Crippen LogP contribution in [0.2, 0.25) is 0 Å². The van der Waals surface area contributed by atoms with Crippen molar-refractivity contribution in [3.8, 4) is 23.3 Å². The molecule has 0 radical (unpaired) electrons. The van der Waals surface area contributed by atoms with Gasteiger partial charge in [-0.2, -0.15) is 5.26 Å². The van der Waals surface area contributed by atoms with Crippen molar-refractivity contribution in [3.05, 3.63) is 48.5 Å². The summed E-state index contributed by atoms with van der Waals surface area (Å²) in [4.78, 5) is 24.1. The molecule has 1 unspecified atom stereocenters. The van der Waals surface area contributed by atoms with E-state index in [2.05, 4.69) is 5.32 Å². The van der Waals surface area contributed by atoms with Crippen molar-refractivity contribution in [2.75, 3.05) is 12.4 Å². The Kier molecular flexibility index (Phi) is 5.18. The molecule has 26 heavy (non-hydrogen) atoms. The lowest BCUT2D eigenvalue weighted by Crippen LogP contribution is -2.29. The van der Waals surface area contributed by atoms with Gasteiger partial charge in [0, 0.05) is 11.6 Å². The number of carbonyl (C=O) groups is 2. The molecule has 0 aliphatic heterocycles. The van der Waals surface area contributed by atoms with Gasteiger partial charge in [-0.1, -0.05) is 0 Å². The number of nitriles is 1. The van der Waals surface area contributed by atoms with Crippen molar-refractivity contribution < 1.29 is 19.1 Å². The number of carbonyl (C=O) groups excluding carboxylic acids is 2. The fraction of sp³-hybridized carbons (Fsp3) is 0.250. The van der Waals surface area contributed by atoms with Crippen LogP contribution >= 0.6 is 0 Å². The van der Waals surface area contributed by atoms with E-state index in [0.29, 0.717) is 17.2 Å². The third kappa shape index (κ3) is 4.19. The first-order chi connectivity index (χ1) is 12.6. The van der Waals surface area contributed by atoms with E-state index in [1.54, 1.807) is 61.7 Å². The van der Waals surface area contributed by atoms with E-state index in [4.69, 9.17) is 14.7 Å². The molecule has 6 nitrogen and oxygen atoms in total. The van der Waals surface area contributed by atoms with Crippen molar-refractivity contribution in [1.29, 1.82) is 5.26 Å². The van der Waals surface area contributed by atoms with Crippen LogP contribution in [0.1, 0.15) is 12.8 Å². The molecule has 0 bridgehead atoms. The maximum atomic E-state index is 12.2. The average Bonchev–Trinajstić information content (AvgIpc) is 3.50. The Morgan fingerprint density at radius 3 is 2.08 bits per heavy atom. The van der Waals surface area contributed by atoms with Crippen LogP contribution in [0.4, 0.5) is 5.69 Å². The predicted octanol–water partition coefficient (Wildman–Crippen LogP) is 3.54. The smallest absolute Gasteiger partial charge is 0.249 e. The summed E-state index contributed by atoms with van der Waals surface area (Å²) >= 11 is 0. The van der Waals surface area contributed by atoms with Crippen LogP contribution in [-0.4, -0.2) is 18.8 Å². The van der Waals surface area contributed by atoms with Crippen LogP contribution in [0.25, 0.3) is 0 Å². The predicted molar refractivity (Wildman–Crippen MR) is 95.0 cm³/mol. The second-order valence-electron chi connectivity index (χ2n) is 6.03. The molecule has 0 aromatic heterocycles. The summed E-state index contributed by atoms with van der Waals surface area (Å²) < 4.78 is 10.8. The fourth-order valence-corrected chi connectivity index (χ4v) is 2.46. The highest BCUT2D eigenvalue weighted by Crippen LogP contribution is 2.32. The summed E-state index contributed by atoms with van der Waals surface area (Å²) in [6, 6.07) is 15.7. The molecule has 6 heteroatoms. The Hall–Kier alpha value is -3.33. The van der Waals surface area contributed by atoms with Gasteiger partial charge < -0.3 is 14.8 Å². The first kappa shape index (κ1) is 17.5. The van der Waals surface area contributed by atoms with E-state index in [1.165, 1.54) is 0 Å². The molecule has 0 saturated heterocycles. The highest BCUT2D eigenvalue weighted by Gasteiger charge is 2.38. The van der Waals surface area contributed by atoms with Crippen LogP contribution < -0.4 is 14.8 Å². The lowest BCUT2D eigenvalue weighted by Gasteiger charge is -2.10. The molecule has 3 rings (SSSR count). The highest BCUT2D eigenvalue weighted by molar-refractivity contribution is 6.10. The molecule has 1 amide bonds. The van der Waals surface area contributed by atoms with Gasteiger partial charge in [0.2, 0.25) is 5.91 Å². The number of ketones is 1. The summed E-state index contributed by atoms with van der Waals surface area (Å²) in [6.45, 7) is 0. The molecule has 1 aliphatic carbocycles. The molecular weight excluding hydrogens is 332 g/mol. The van der Waals surface area contributed by atoms with E-state index < -0.39 is 11.8 Å². The monoisotopic (exact) mass is 350 g/mol. The standard InChI is InChI=1S/C20H18N2O4/c1-25-15-8-10-17(11-9-15)26-16-6-4-14(5-7-16)22-20(24)18(12-21)19(23)13-2-3-13/h4-11,13,18H,2-3H2,1H3,(H,22,24). The molecule has 0 spiro atoms. The van der Waals surface area contributed by atoms with E-state index >= 15 is 0 Å².